The minimum absolute atomic E-state index is 0.820. The SMILES string of the molecule is Cc1cccc(N2c3ccccc3-c3ccccc3OS2(CCc2ccc3ccccc3c2)c2ccc3ccccc3c2)c1. The number of rotatable bonds is 5. The van der Waals surface area contributed by atoms with Gasteiger partial charge in [-0.2, -0.15) is 0 Å². The van der Waals surface area contributed by atoms with Crippen LogP contribution in [0.4, 0.5) is 11.4 Å². The first kappa shape index (κ1) is 26.6. The van der Waals surface area contributed by atoms with E-state index in [1.807, 2.05) is 0 Å². The van der Waals surface area contributed by atoms with Crippen LogP contribution < -0.4 is 8.49 Å². The highest BCUT2D eigenvalue weighted by Crippen LogP contribution is 2.67. The zero-order valence-electron chi connectivity index (χ0n) is 24.7. The molecule has 7 aromatic carbocycles. The molecule has 0 N–H and O–H groups in total. The van der Waals surface area contributed by atoms with Gasteiger partial charge in [0, 0.05) is 32.3 Å². The van der Waals surface area contributed by atoms with Gasteiger partial charge in [-0.1, -0.05) is 121 Å². The first-order chi connectivity index (χ1) is 21.7. The summed E-state index contributed by atoms with van der Waals surface area (Å²) in [6, 6.07) is 57.3. The van der Waals surface area contributed by atoms with E-state index < -0.39 is 10.5 Å². The van der Waals surface area contributed by atoms with Crippen molar-refractivity contribution in [3.63, 3.8) is 0 Å². The zero-order chi connectivity index (χ0) is 29.5. The number of fused-ring (bicyclic) bond motifs is 5. The van der Waals surface area contributed by atoms with E-state index in [4.69, 9.17) is 4.18 Å². The van der Waals surface area contributed by atoms with Gasteiger partial charge in [0.2, 0.25) is 0 Å². The third kappa shape index (κ3) is 4.61. The molecule has 7 aromatic rings. The van der Waals surface area contributed by atoms with Crippen molar-refractivity contribution in [3.8, 4) is 16.9 Å². The van der Waals surface area contributed by atoms with Crippen LogP contribution in [0.3, 0.4) is 0 Å². The molecule has 0 saturated heterocycles. The van der Waals surface area contributed by atoms with Gasteiger partial charge in [-0.05, 0) is 82.4 Å². The molecule has 0 amide bonds. The Labute approximate surface area is 260 Å². The van der Waals surface area contributed by atoms with Crippen LogP contribution in [0, 0.1) is 6.92 Å². The van der Waals surface area contributed by atoms with Gasteiger partial charge in [0.05, 0.1) is 11.4 Å². The second-order valence-corrected chi connectivity index (χ2v) is 14.2. The molecule has 0 radical (unpaired) electrons. The van der Waals surface area contributed by atoms with Crippen molar-refractivity contribution in [2.75, 3.05) is 10.1 Å². The van der Waals surface area contributed by atoms with Gasteiger partial charge < -0.3 is 4.18 Å². The van der Waals surface area contributed by atoms with E-state index in [-0.39, 0.29) is 0 Å². The Morgan fingerprint density at radius 3 is 2.00 bits per heavy atom. The number of hydrogen-bond donors (Lipinski definition) is 0. The molecule has 0 saturated carbocycles. The summed E-state index contributed by atoms with van der Waals surface area (Å²) >= 11 is 0. The summed E-state index contributed by atoms with van der Waals surface area (Å²) in [6.07, 6.45) is 0.875. The third-order valence-electron chi connectivity index (χ3n) is 8.63. The van der Waals surface area contributed by atoms with Crippen molar-refractivity contribution in [2.45, 2.75) is 18.2 Å². The molecule has 44 heavy (non-hydrogen) atoms. The fourth-order valence-corrected chi connectivity index (χ4v) is 9.83. The summed E-state index contributed by atoms with van der Waals surface area (Å²) in [7, 11) is -2.16. The minimum Gasteiger partial charge on any atom is -0.425 e. The van der Waals surface area contributed by atoms with Gasteiger partial charge in [0.25, 0.3) is 0 Å². The lowest BCUT2D eigenvalue weighted by atomic mass is 10.0. The maximum Gasteiger partial charge on any atom is 0.145 e. The topological polar surface area (TPSA) is 12.5 Å². The normalized spacial score (nSPS) is 17.2. The van der Waals surface area contributed by atoms with Crippen LogP contribution in [-0.4, -0.2) is 5.75 Å². The number of anilines is 2. The molecule has 8 rings (SSSR count). The van der Waals surface area contributed by atoms with E-state index in [9.17, 15) is 0 Å². The van der Waals surface area contributed by atoms with E-state index in [1.54, 1.807) is 0 Å². The van der Waals surface area contributed by atoms with Crippen LogP contribution in [0.1, 0.15) is 11.1 Å². The highest BCUT2D eigenvalue weighted by molar-refractivity contribution is 8.31. The second kappa shape index (κ2) is 10.9. The van der Waals surface area contributed by atoms with E-state index in [0.717, 1.165) is 29.2 Å². The summed E-state index contributed by atoms with van der Waals surface area (Å²) in [5.74, 6) is 1.75. The van der Waals surface area contributed by atoms with Crippen LogP contribution in [0.2, 0.25) is 0 Å². The molecule has 1 unspecified atom stereocenters. The van der Waals surface area contributed by atoms with Crippen molar-refractivity contribution >= 4 is 43.4 Å². The molecular weight excluding hydrogens is 555 g/mol. The Bertz CT molecular complexity index is 2150. The molecule has 0 bridgehead atoms. The fraction of sp³-hybridized carbons (Fsp3) is 0.0732. The lowest BCUT2D eigenvalue weighted by Gasteiger charge is -2.49. The van der Waals surface area contributed by atoms with Crippen molar-refractivity contribution in [1.82, 2.24) is 0 Å². The van der Waals surface area contributed by atoms with Crippen LogP contribution in [0.15, 0.2) is 163 Å². The van der Waals surface area contributed by atoms with Crippen LogP contribution in [-0.2, 0) is 6.42 Å². The van der Waals surface area contributed by atoms with Crippen LogP contribution >= 0.6 is 10.5 Å². The first-order valence-corrected chi connectivity index (χ1v) is 16.9. The minimum atomic E-state index is -2.16. The predicted octanol–water partition coefficient (Wildman–Crippen LogP) is 11.4. The first-order valence-electron chi connectivity index (χ1n) is 15.2. The molecule has 1 heterocycles. The summed E-state index contributed by atoms with van der Waals surface area (Å²) in [6.45, 7) is 2.17. The summed E-state index contributed by atoms with van der Waals surface area (Å²) < 4.78 is 10.1. The number of para-hydroxylation sites is 2. The Balaban J connectivity index is 1.40. The Hall–Kier alpha value is -4.99. The molecule has 0 aliphatic carbocycles. The zero-order valence-corrected chi connectivity index (χ0v) is 25.5. The van der Waals surface area contributed by atoms with Crippen molar-refractivity contribution in [3.05, 3.63) is 169 Å². The fourth-order valence-electron chi connectivity index (χ4n) is 6.47. The molecule has 0 aromatic heterocycles. The lowest BCUT2D eigenvalue weighted by molar-refractivity contribution is 0.615. The third-order valence-corrected chi connectivity index (χ3v) is 11.8. The average Bonchev–Trinajstić information content (AvgIpc) is 3.20. The van der Waals surface area contributed by atoms with Gasteiger partial charge in [-0.25, -0.2) is 0 Å². The maximum atomic E-state index is 7.59. The predicted molar refractivity (Wildman–Crippen MR) is 188 cm³/mol. The molecule has 3 heteroatoms. The van der Waals surface area contributed by atoms with Gasteiger partial charge in [-0.15, -0.1) is 0 Å². The molecule has 214 valence electrons. The van der Waals surface area contributed by atoms with Gasteiger partial charge in [0.15, 0.2) is 0 Å². The number of aryl methyl sites for hydroxylation is 2. The molecule has 1 aliphatic heterocycles. The Morgan fingerprint density at radius 1 is 0.545 bits per heavy atom. The lowest BCUT2D eigenvalue weighted by Crippen LogP contribution is -2.30. The van der Waals surface area contributed by atoms with Crippen molar-refractivity contribution in [2.24, 2.45) is 0 Å². The summed E-state index contributed by atoms with van der Waals surface area (Å²) in [5.41, 5.74) is 7.17. The molecule has 2 nitrogen and oxygen atoms in total. The smallest absolute Gasteiger partial charge is 0.145 e. The molecule has 0 fully saturated rings. The van der Waals surface area contributed by atoms with E-state index in [0.29, 0.717) is 0 Å². The average molecular weight is 588 g/mol. The van der Waals surface area contributed by atoms with E-state index >= 15 is 0 Å². The maximum absolute atomic E-state index is 7.59. The van der Waals surface area contributed by atoms with Crippen molar-refractivity contribution in [1.29, 1.82) is 0 Å². The second-order valence-electron chi connectivity index (χ2n) is 11.5. The molecule has 0 spiro atoms. The molecule has 1 aliphatic rings. The standard InChI is InChI=1S/C41H33NOS/c1-30-11-10-16-36(27-30)42-40-19-8-6-17-38(40)39-18-7-9-20-41(39)43-44(42,37-24-23-33-13-3-5-15-35(33)29-37)26-25-31-21-22-32-12-2-4-14-34(32)28-31/h2-24,27-29H,25-26H2,1H3. The van der Waals surface area contributed by atoms with Crippen molar-refractivity contribution < 1.29 is 4.18 Å². The Kier molecular flexibility index (Phi) is 6.61. The number of nitrogens with zero attached hydrogens (tertiary/aromatic N) is 1. The highest BCUT2D eigenvalue weighted by Gasteiger charge is 2.41. The van der Waals surface area contributed by atoms with Crippen LogP contribution in [0.25, 0.3) is 32.7 Å². The van der Waals surface area contributed by atoms with Gasteiger partial charge in [0.1, 0.15) is 5.75 Å². The van der Waals surface area contributed by atoms with Crippen LogP contribution in [0.5, 0.6) is 5.75 Å². The highest BCUT2D eigenvalue weighted by atomic mass is 32.3. The quantitative estimate of drug-likeness (QED) is 0.199. The van der Waals surface area contributed by atoms with Gasteiger partial charge >= 0.3 is 0 Å². The monoisotopic (exact) mass is 587 g/mol. The number of hydrogen-bond acceptors (Lipinski definition) is 2. The Morgan fingerprint density at radius 2 is 1.20 bits per heavy atom. The van der Waals surface area contributed by atoms with Gasteiger partial charge in [-0.3, -0.25) is 4.31 Å². The van der Waals surface area contributed by atoms with E-state index in [1.165, 1.54) is 48.8 Å². The number of benzene rings is 7. The molecule has 1 atom stereocenters. The molecular formula is C41H33NOS. The summed E-state index contributed by atoms with van der Waals surface area (Å²) in [5, 5.41) is 4.99. The van der Waals surface area contributed by atoms with E-state index in [2.05, 4.69) is 169 Å². The summed E-state index contributed by atoms with van der Waals surface area (Å²) in [4.78, 5) is 1.21. The largest absolute Gasteiger partial charge is 0.425 e.